The molecule has 7 nitrogen and oxygen atoms in total. The lowest BCUT2D eigenvalue weighted by molar-refractivity contribution is 0.592. The first-order valence-electron chi connectivity index (χ1n) is 5.03. The van der Waals surface area contributed by atoms with E-state index in [0.29, 0.717) is 5.69 Å². The molecule has 1 atom stereocenters. The zero-order chi connectivity index (χ0) is 13.2. The lowest BCUT2D eigenvalue weighted by atomic mass is 10.4. The van der Waals surface area contributed by atoms with Gasteiger partial charge in [0.05, 0.1) is 17.5 Å². The van der Waals surface area contributed by atoms with Crippen LogP contribution >= 0.6 is 0 Å². The number of hydrogen-bond donors (Lipinski definition) is 2. The second-order valence-electron chi connectivity index (χ2n) is 3.64. The number of aryl methyl sites for hydroxylation is 2. The molecule has 8 heteroatoms. The van der Waals surface area contributed by atoms with Crippen LogP contribution in [0.4, 0.5) is 11.5 Å². The fraction of sp³-hybridized carbons (Fsp3) is 0.556. The number of nitrogens with one attached hydrogen (secondary N) is 1. The van der Waals surface area contributed by atoms with Gasteiger partial charge in [-0.3, -0.25) is 4.72 Å². The highest BCUT2D eigenvalue weighted by atomic mass is 32.2. The molecule has 1 rings (SSSR count). The number of hydrogen-bond acceptors (Lipinski definition) is 5. The maximum absolute atomic E-state index is 11.8. The molecule has 1 unspecified atom stereocenters. The first-order chi connectivity index (χ1) is 7.83. The summed E-state index contributed by atoms with van der Waals surface area (Å²) in [6.07, 6.45) is 0.211. The summed E-state index contributed by atoms with van der Waals surface area (Å²) in [5, 5.41) is 11.6. The van der Waals surface area contributed by atoms with E-state index in [9.17, 15) is 8.42 Å². The predicted octanol–water partition coefficient (Wildman–Crippen LogP) is 0.355. The van der Waals surface area contributed by atoms with E-state index in [1.54, 1.807) is 27.0 Å². The van der Waals surface area contributed by atoms with Gasteiger partial charge in [-0.25, -0.2) is 13.1 Å². The first-order valence-corrected chi connectivity index (χ1v) is 6.58. The fourth-order valence-corrected chi connectivity index (χ4v) is 2.61. The van der Waals surface area contributed by atoms with Crippen LogP contribution in [0.2, 0.25) is 0 Å². The maximum atomic E-state index is 11.8. The molecule has 17 heavy (non-hydrogen) atoms. The summed E-state index contributed by atoms with van der Waals surface area (Å²) in [5.74, 6) is 0.191. The Morgan fingerprint density at radius 2 is 2.24 bits per heavy atom. The van der Waals surface area contributed by atoms with E-state index in [2.05, 4.69) is 9.82 Å². The van der Waals surface area contributed by atoms with Crippen LogP contribution in [0.3, 0.4) is 0 Å². The Morgan fingerprint density at radius 3 is 2.59 bits per heavy atom. The van der Waals surface area contributed by atoms with Crippen molar-refractivity contribution in [3.05, 3.63) is 5.69 Å². The normalized spacial score (nSPS) is 13.1. The molecule has 94 valence electrons. The number of nitrogens with zero attached hydrogens (tertiary/aromatic N) is 3. The van der Waals surface area contributed by atoms with Crippen molar-refractivity contribution in [2.24, 2.45) is 7.05 Å². The van der Waals surface area contributed by atoms with Crippen LogP contribution in [0.25, 0.3) is 0 Å². The highest BCUT2D eigenvalue weighted by molar-refractivity contribution is 7.93. The third-order valence-corrected chi connectivity index (χ3v) is 4.06. The minimum absolute atomic E-state index is 0.191. The standard InChI is InChI=1S/C9H15N5O2S/c1-4-7(5-10)17(15,16)13-9-8(11)6(2)12-14(9)3/h7,13H,4,11H2,1-3H3. The third-order valence-electron chi connectivity index (χ3n) is 2.40. The van der Waals surface area contributed by atoms with Crippen molar-refractivity contribution in [2.45, 2.75) is 25.5 Å². The molecule has 0 bridgehead atoms. The molecule has 0 amide bonds. The molecule has 0 aliphatic rings. The zero-order valence-corrected chi connectivity index (χ0v) is 10.7. The molecule has 1 aromatic rings. The van der Waals surface area contributed by atoms with Crippen molar-refractivity contribution in [3.8, 4) is 6.07 Å². The summed E-state index contributed by atoms with van der Waals surface area (Å²) in [6, 6.07) is 1.74. The number of nitrogens with two attached hydrogens (primary N) is 1. The Balaban J connectivity index is 3.11. The van der Waals surface area contributed by atoms with E-state index in [0.717, 1.165) is 0 Å². The Hall–Kier alpha value is -1.75. The Bertz CT molecular complexity index is 555. The number of anilines is 2. The minimum atomic E-state index is -3.76. The average molecular weight is 257 g/mol. The van der Waals surface area contributed by atoms with Crippen LogP contribution in [-0.4, -0.2) is 23.4 Å². The van der Waals surface area contributed by atoms with Crippen LogP contribution in [0, 0.1) is 18.3 Å². The van der Waals surface area contributed by atoms with Crippen molar-refractivity contribution in [3.63, 3.8) is 0 Å². The second-order valence-corrected chi connectivity index (χ2v) is 5.51. The molecule has 0 spiro atoms. The number of sulfonamides is 1. The van der Waals surface area contributed by atoms with E-state index in [1.807, 2.05) is 0 Å². The van der Waals surface area contributed by atoms with E-state index >= 15 is 0 Å². The van der Waals surface area contributed by atoms with Gasteiger partial charge in [-0.05, 0) is 13.3 Å². The summed E-state index contributed by atoms with van der Waals surface area (Å²) in [6.45, 7) is 3.31. The molecule has 0 saturated heterocycles. The molecule has 0 aromatic carbocycles. The van der Waals surface area contributed by atoms with Crippen molar-refractivity contribution in [1.82, 2.24) is 9.78 Å². The highest BCUT2D eigenvalue weighted by Crippen LogP contribution is 2.23. The topological polar surface area (TPSA) is 114 Å². The second kappa shape index (κ2) is 4.63. The van der Waals surface area contributed by atoms with Crippen molar-refractivity contribution in [2.75, 3.05) is 10.5 Å². The van der Waals surface area contributed by atoms with Gasteiger partial charge in [0, 0.05) is 7.05 Å². The quantitative estimate of drug-likeness (QED) is 0.808. The van der Waals surface area contributed by atoms with Crippen molar-refractivity contribution in [1.29, 1.82) is 5.26 Å². The molecule has 0 saturated carbocycles. The van der Waals surface area contributed by atoms with Gasteiger partial charge < -0.3 is 5.73 Å². The van der Waals surface area contributed by atoms with Crippen LogP contribution in [0.15, 0.2) is 0 Å². The van der Waals surface area contributed by atoms with E-state index in [4.69, 9.17) is 11.0 Å². The minimum Gasteiger partial charge on any atom is -0.394 e. The van der Waals surface area contributed by atoms with Crippen molar-refractivity contribution >= 4 is 21.5 Å². The molecule has 1 heterocycles. The third kappa shape index (κ3) is 2.50. The SMILES string of the molecule is CCC(C#N)S(=O)(=O)Nc1c(N)c(C)nn1C. The Kier molecular flexibility index (Phi) is 3.63. The number of aromatic nitrogens is 2. The molecule has 1 aromatic heterocycles. The zero-order valence-electron chi connectivity index (χ0n) is 9.93. The van der Waals surface area contributed by atoms with Gasteiger partial charge in [-0.2, -0.15) is 10.4 Å². The van der Waals surface area contributed by atoms with Crippen LogP contribution < -0.4 is 10.5 Å². The average Bonchev–Trinajstić information content (AvgIpc) is 2.46. The number of rotatable bonds is 4. The fourth-order valence-electron chi connectivity index (χ4n) is 1.38. The molecule has 0 radical (unpaired) electrons. The van der Waals surface area contributed by atoms with E-state index < -0.39 is 15.3 Å². The van der Waals surface area contributed by atoms with Crippen LogP contribution in [0.5, 0.6) is 0 Å². The van der Waals surface area contributed by atoms with Crippen LogP contribution in [0.1, 0.15) is 19.0 Å². The smallest absolute Gasteiger partial charge is 0.250 e. The highest BCUT2D eigenvalue weighted by Gasteiger charge is 2.25. The van der Waals surface area contributed by atoms with Gasteiger partial charge in [0.2, 0.25) is 10.0 Å². The molecule has 3 N–H and O–H groups in total. The summed E-state index contributed by atoms with van der Waals surface area (Å²) in [4.78, 5) is 0. The number of nitrogen functional groups attached to an aromatic ring is 1. The lowest BCUT2D eigenvalue weighted by Gasteiger charge is -2.11. The summed E-state index contributed by atoms with van der Waals surface area (Å²) in [5.41, 5.74) is 6.51. The summed E-state index contributed by atoms with van der Waals surface area (Å²) >= 11 is 0. The van der Waals surface area contributed by atoms with E-state index in [-0.39, 0.29) is 17.9 Å². The maximum Gasteiger partial charge on any atom is 0.250 e. The van der Waals surface area contributed by atoms with Gasteiger partial charge in [-0.1, -0.05) is 6.92 Å². The van der Waals surface area contributed by atoms with Gasteiger partial charge in [-0.15, -0.1) is 0 Å². The Labute approximate surface area is 100 Å². The summed E-state index contributed by atoms with van der Waals surface area (Å²) in [7, 11) is -2.18. The summed E-state index contributed by atoms with van der Waals surface area (Å²) < 4.78 is 27.3. The molecule has 0 aliphatic heterocycles. The monoisotopic (exact) mass is 257 g/mol. The van der Waals surface area contributed by atoms with Gasteiger partial charge >= 0.3 is 0 Å². The Morgan fingerprint density at radius 1 is 1.65 bits per heavy atom. The molecular formula is C9H15N5O2S. The van der Waals surface area contributed by atoms with E-state index in [1.165, 1.54) is 4.68 Å². The van der Waals surface area contributed by atoms with Gasteiger partial charge in [0.25, 0.3) is 0 Å². The number of nitriles is 1. The molecule has 0 fully saturated rings. The molecular weight excluding hydrogens is 242 g/mol. The molecule has 0 aliphatic carbocycles. The van der Waals surface area contributed by atoms with Gasteiger partial charge in [0.1, 0.15) is 0 Å². The van der Waals surface area contributed by atoms with Gasteiger partial charge in [0.15, 0.2) is 11.1 Å². The van der Waals surface area contributed by atoms with Crippen molar-refractivity contribution < 1.29 is 8.42 Å². The lowest BCUT2D eigenvalue weighted by Crippen LogP contribution is -2.27. The predicted molar refractivity (Wildman–Crippen MR) is 64.6 cm³/mol. The largest absolute Gasteiger partial charge is 0.394 e. The first kappa shape index (κ1) is 13.3. The van der Waals surface area contributed by atoms with Crippen LogP contribution in [-0.2, 0) is 17.1 Å².